The fraction of sp³-hybridized carbons (Fsp3) is 0.435. The first-order chi connectivity index (χ1) is 14.6. The summed E-state index contributed by atoms with van der Waals surface area (Å²) in [6, 6.07) is 9.87. The number of fused-ring (bicyclic) bond motifs is 1. The lowest BCUT2D eigenvalue weighted by Crippen LogP contribution is -2.32. The number of hydrogen-bond donors (Lipinski definition) is 1. The molecule has 2 amide bonds. The van der Waals surface area contributed by atoms with Crippen LogP contribution in [0.1, 0.15) is 29.5 Å². The van der Waals surface area contributed by atoms with Gasteiger partial charge in [-0.1, -0.05) is 12.1 Å². The maximum absolute atomic E-state index is 12.6. The van der Waals surface area contributed by atoms with E-state index in [0.717, 1.165) is 24.1 Å². The van der Waals surface area contributed by atoms with Crippen LogP contribution in [-0.2, 0) is 33.7 Å². The Hall–Kier alpha value is -2.93. The number of anilines is 1. The second kappa shape index (κ2) is 9.26. The second-order valence-electron chi connectivity index (χ2n) is 7.78. The molecule has 1 aromatic heterocycles. The molecule has 158 valence electrons. The first-order valence-corrected chi connectivity index (χ1v) is 10.4. The van der Waals surface area contributed by atoms with Crippen LogP contribution in [0.3, 0.4) is 0 Å². The molecule has 0 radical (unpaired) electrons. The zero-order chi connectivity index (χ0) is 20.9. The SMILES string of the molecule is COCCOc1ccc(CNC(=O)C2CC(=O)N(c3ccc4c(c3)CCC4)C2)cn1. The highest BCUT2D eigenvalue weighted by Crippen LogP contribution is 2.30. The van der Waals surface area contributed by atoms with Gasteiger partial charge in [-0.05, 0) is 48.1 Å². The second-order valence-corrected chi connectivity index (χ2v) is 7.78. The molecular weight excluding hydrogens is 382 g/mol. The molecule has 1 aromatic carbocycles. The summed E-state index contributed by atoms with van der Waals surface area (Å²) in [7, 11) is 1.62. The van der Waals surface area contributed by atoms with Crippen LogP contribution in [0.25, 0.3) is 0 Å². The molecule has 7 heteroatoms. The third kappa shape index (κ3) is 4.62. The third-order valence-corrected chi connectivity index (χ3v) is 5.69. The van der Waals surface area contributed by atoms with Crippen LogP contribution >= 0.6 is 0 Å². The maximum atomic E-state index is 12.6. The number of rotatable bonds is 8. The molecule has 2 heterocycles. The highest BCUT2D eigenvalue weighted by Gasteiger charge is 2.35. The minimum atomic E-state index is -0.338. The number of aryl methyl sites for hydroxylation is 2. The molecule has 1 fully saturated rings. The van der Waals surface area contributed by atoms with E-state index in [9.17, 15) is 9.59 Å². The number of amides is 2. The summed E-state index contributed by atoms with van der Waals surface area (Å²) in [5, 5.41) is 2.93. The van der Waals surface area contributed by atoms with Crippen molar-refractivity contribution in [1.29, 1.82) is 0 Å². The minimum Gasteiger partial charge on any atom is -0.475 e. The quantitative estimate of drug-likeness (QED) is 0.677. The van der Waals surface area contributed by atoms with Crippen molar-refractivity contribution in [3.63, 3.8) is 0 Å². The van der Waals surface area contributed by atoms with Gasteiger partial charge in [-0.3, -0.25) is 9.59 Å². The van der Waals surface area contributed by atoms with Crippen molar-refractivity contribution < 1.29 is 19.1 Å². The fourth-order valence-electron chi connectivity index (χ4n) is 4.02. The molecule has 1 aliphatic carbocycles. The third-order valence-electron chi connectivity index (χ3n) is 5.69. The molecule has 30 heavy (non-hydrogen) atoms. The number of hydrogen-bond acceptors (Lipinski definition) is 5. The molecule has 2 aromatic rings. The average Bonchev–Trinajstić information content (AvgIpc) is 3.39. The summed E-state index contributed by atoms with van der Waals surface area (Å²) in [6.45, 7) is 1.74. The summed E-state index contributed by atoms with van der Waals surface area (Å²) >= 11 is 0. The van der Waals surface area contributed by atoms with Gasteiger partial charge < -0.3 is 19.7 Å². The number of aromatic nitrogens is 1. The molecule has 0 bridgehead atoms. The monoisotopic (exact) mass is 409 g/mol. The summed E-state index contributed by atoms with van der Waals surface area (Å²) in [5.74, 6) is 0.0867. The number of nitrogens with one attached hydrogen (secondary N) is 1. The van der Waals surface area contributed by atoms with Crippen LogP contribution in [0.2, 0.25) is 0 Å². The number of ether oxygens (including phenoxy) is 2. The van der Waals surface area contributed by atoms with E-state index < -0.39 is 0 Å². The van der Waals surface area contributed by atoms with Crippen molar-refractivity contribution in [3.05, 3.63) is 53.2 Å². The normalized spacial score (nSPS) is 17.8. The van der Waals surface area contributed by atoms with Gasteiger partial charge in [0.1, 0.15) is 6.61 Å². The van der Waals surface area contributed by atoms with Crippen molar-refractivity contribution in [3.8, 4) is 5.88 Å². The molecule has 1 N–H and O–H groups in total. The lowest BCUT2D eigenvalue weighted by molar-refractivity contribution is -0.126. The zero-order valence-electron chi connectivity index (χ0n) is 17.2. The summed E-state index contributed by atoms with van der Waals surface area (Å²) < 4.78 is 10.4. The van der Waals surface area contributed by atoms with E-state index in [1.807, 2.05) is 12.1 Å². The maximum Gasteiger partial charge on any atom is 0.227 e. The first kappa shape index (κ1) is 20.3. The van der Waals surface area contributed by atoms with Gasteiger partial charge in [0.25, 0.3) is 0 Å². The molecular formula is C23H27N3O4. The van der Waals surface area contributed by atoms with E-state index in [0.29, 0.717) is 32.2 Å². The summed E-state index contributed by atoms with van der Waals surface area (Å²) in [5.41, 5.74) is 4.49. The van der Waals surface area contributed by atoms with E-state index >= 15 is 0 Å². The topological polar surface area (TPSA) is 80.8 Å². The van der Waals surface area contributed by atoms with E-state index in [2.05, 4.69) is 22.4 Å². The smallest absolute Gasteiger partial charge is 0.227 e. The Morgan fingerprint density at radius 2 is 2.07 bits per heavy atom. The molecule has 1 aliphatic heterocycles. The molecule has 4 rings (SSSR count). The lowest BCUT2D eigenvalue weighted by Gasteiger charge is -2.18. The van der Waals surface area contributed by atoms with Gasteiger partial charge in [-0.25, -0.2) is 4.98 Å². The van der Waals surface area contributed by atoms with Crippen molar-refractivity contribution in [1.82, 2.24) is 10.3 Å². The standard InChI is InChI=1S/C23H27N3O4/c1-29-9-10-30-21-8-5-16(13-24-21)14-25-23(28)19-12-22(27)26(15-19)20-7-6-17-3-2-4-18(17)11-20/h5-8,11,13,19H,2-4,9-10,12,14-15H2,1H3,(H,25,28). The minimum absolute atomic E-state index is 0.00678. The Bertz CT molecular complexity index is 913. The molecule has 0 spiro atoms. The van der Waals surface area contributed by atoms with Gasteiger partial charge in [0, 0.05) is 44.6 Å². The fourth-order valence-corrected chi connectivity index (χ4v) is 4.02. The van der Waals surface area contributed by atoms with E-state index in [4.69, 9.17) is 9.47 Å². The number of methoxy groups -OCH3 is 1. The highest BCUT2D eigenvalue weighted by atomic mass is 16.5. The van der Waals surface area contributed by atoms with Gasteiger partial charge >= 0.3 is 0 Å². The average molecular weight is 409 g/mol. The lowest BCUT2D eigenvalue weighted by atomic mass is 10.1. The van der Waals surface area contributed by atoms with Gasteiger partial charge in [-0.15, -0.1) is 0 Å². The Morgan fingerprint density at radius 1 is 1.20 bits per heavy atom. The van der Waals surface area contributed by atoms with Crippen LogP contribution in [0.15, 0.2) is 36.5 Å². The van der Waals surface area contributed by atoms with Crippen LogP contribution in [0.5, 0.6) is 5.88 Å². The van der Waals surface area contributed by atoms with Gasteiger partial charge in [0.05, 0.1) is 12.5 Å². The zero-order valence-corrected chi connectivity index (χ0v) is 17.2. The van der Waals surface area contributed by atoms with E-state index in [1.54, 1.807) is 24.3 Å². The molecule has 2 aliphatic rings. The summed E-state index contributed by atoms with van der Waals surface area (Å²) in [6.07, 6.45) is 5.28. The number of nitrogens with zero attached hydrogens (tertiary/aromatic N) is 2. The van der Waals surface area contributed by atoms with Crippen LogP contribution in [-0.4, -0.2) is 43.7 Å². The molecule has 1 saturated heterocycles. The Balaban J connectivity index is 1.29. The Morgan fingerprint density at radius 3 is 2.87 bits per heavy atom. The predicted octanol–water partition coefficient (Wildman–Crippen LogP) is 2.26. The predicted molar refractivity (Wildman–Crippen MR) is 112 cm³/mol. The van der Waals surface area contributed by atoms with Crippen LogP contribution in [0.4, 0.5) is 5.69 Å². The Kier molecular flexibility index (Phi) is 6.28. The summed E-state index contributed by atoms with van der Waals surface area (Å²) in [4.78, 5) is 31.1. The van der Waals surface area contributed by atoms with Gasteiger partial charge in [0.15, 0.2) is 0 Å². The number of carbonyl (C=O) groups is 2. The molecule has 7 nitrogen and oxygen atoms in total. The number of pyridine rings is 1. The van der Waals surface area contributed by atoms with E-state index in [1.165, 1.54) is 17.5 Å². The van der Waals surface area contributed by atoms with Crippen molar-refractivity contribution in [2.45, 2.75) is 32.2 Å². The van der Waals surface area contributed by atoms with Crippen molar-refractivity contribution in [2.24, 2.45) is 5.92 Å². The molecule has 1 atom stereocenters. The molecule has 1 unspecified atom stereocenters. The van der Waals surface area contributed by atoms with Crippen LogP contribution < -0.4 is 15.0 Å². The van der Waals surface area contributed by atoms with Crippen molar-refractivity contribution >= 4 is 17.5 Å². The van der Waals surface area contributed by atoms with Gasteiger partial charge in [-0.2, -0.15) is 0 Å². The largest absolute Gasteiger partial charge is 0.475 e. The van der Waals surface area contributed by atoms with E-state index in [-0.39, 0.29) is 24.2 Å². The van der Waals surface area contributed by atoms with Crippen molar-refractivity contribution in [2.75, 3.05) is 31.8 Å². The number of benzene rings is 1. The Labute approximate surface area is 176 Å². The highest BCUT2D eigenvalue weighted by molar-refractivity contribution is 6.00. The molecule has 0 saturated carbocycles. The van der Waals surface area contributed by atoms with Crippen LogP contribution in [0, 0.1) is 5.92 Å². The number of carbonyl (C=O) groups excluding carboxylic acids is 2. The van der Waals surface area contributed by atoms with Gasteiger partial charge in [0.2, 0.25) is 17.7 Å². The first-order valence-electron chi connectivity index (χ1n) is 10.4.